The van der Waals surface area contributed by atoms with Crippen LogP contribution in [0.3, 0.4) is 0 Å². The average Bonchev–Trinajstić information content (AvgIpc) is 2.97. The van der Waals surface area contributed by atoms with E-state index in [9.17, 15) is 14.9 Å². The summed E-state index contributed by atoms with van der Waals surface area (Å²) in [6, 6.07) is 32.5. The zero-order chi connectivity index (χ0) is 27.5. The molecule has 0 bridgehead atoms. The summed E-state index contributed by atoms with van der Waals surface area (Å²) in [4.78, 5) is 25.4. The van der Waals surface area contributed by atoms with Gasteiger partial charge in [-0.15, -0.1) is 0 Å². The fourth-order valence-corrected chi connectivity index (χ4v) is 4.31. The van der Waals surface area contributed by atoms with Crippen LogP contribution in [0.4, 0.5) is 0 Å². The number of ether oxygens (including phenoxy) is 1. The predicted octanol–water partition coefficient (Wildman–Crippen LogP) is 5.91. The number of nitriles is 1. The number of hydrogen-bond donors (Lipinski definition) is 2. The van der Waals surface area contributed by atoms with Crippen molar-refractivity contribution in [2.24, 2.45) is 5.10 Å². The molecule has 0 fully saturated rings. The highest BCUT2D eigenvalue weighted by Gasteiger charge is 2.19. The molecule has 4 rings (SSSR count). The third kappa shape index (κ3) is 7.87. The van der Waals surface area contributed by atoms with E-state index in [-0.39, 0.29) is 24.8 Å². The first kappa shape index (κ1) is 27.3. The molecule has 7 nitrogen and oxygen atoms in total. The molecule has 194 valence electrons. The highest BCUT2D eigenvalue weighted by atomic mass is 79.9. The molecular weight excluding hydrogens is 556 g/mol. The first-order chi connectivity index (χ1) is 19.0. The summed E-state index contributed by atoms with van der Waals surface area (Å²) in [5.74, 6) is 0.0106. The Morgan fingerprint density at radius 2 is 1.64 bits per heavy atom. The van der Waals surface area contributed by atoms with Gasteiger partial charge in [0.05, 0.1) is 34.8 Å². The first-order valence-corrected chi connectivity index (χ1v) is 13.0. The largest absolute Gasteiger partial charge is 0.488 e. The molecule has 0 aliphatic heterocycles. The zero-order valence-corrected chi connectivity index (χ0v) is 22.5. The Hall–Kier alpha value is -4.74. The number of halogens is 1. The molecule has 0 radical (unpaired) electrons. The second-order valence-electron chi connectivity index (χ2n) is 8.55. The van der Waals surface area contributed by atoms with Crippen LogP contribution in [-0.2, 0) is 11.4 Å². The highest BCUT2D eigenvalue weighted by molar-refractivity contribution is 9.10. The van der Waals surface area contributed by atoms with Crippen LogP contribution in [0, 0.1) is 11.3 Å². The number of benzene rings is 4. The van der Waals surface area contributed by atoms with Gasteiger partial charge in [-0.05, 0) is 63.5 Å². The van der Waals surface area contributed by atoms with E-state index in [2.05, 4.69) is 37.8 Å². The summed E-state index contributed by atoms with van der Waals surface area (Å²) in [5, 5.41) is 16.3. The van der Waals surface area contributed by atoms with Gasteiger partial charge < -0.3 is 10.1 Å². The van der Waals surface area contributed by atoms with Gasteiger partial charge in [0, 0.05) is 11.1 Å². The van der Waals surface area contributed by atoms with Crippen LogP contribution in [-0.4, -0.2) is 18.0 Å². The van der Waals surface area contributed by atoms with Crippen molar-refractivity contribution in [3.63, 3.8) is 0 Å². The molecule has 0 aliphatic carbocycles. The number of nitrogens with zero attached hydrogens (tertiary/aromatic N) is 2. The van der Waals surface area contributed by atoms with E-state index >= 15 is 0 Å². The molecule has 1 atom stereocenters. The lowest BCUT2D eigenvalue weighted by molar-refractivity contribution is -0.121. The first-order valence-electron chi connectivity index (χ1n) is 12.2. The van der Waals surface area contributed by atoms with E-state index < -0.39 is 6.04 Å². The fourth-order valence-electron chi connectivity index (χ4n) is 3.80. The number of carbonyl (C=O) groups is 2. The summed E-state index contributed by atoms with van der Waals surface area (Å²) in [7, 11) is 0. The van der Waals surface area contributed by atoms with Gasteiger partial charge in [0.2, 0.25) is 5.91 Å². The molecule has 0 unspecified atom stereocenters. The van der Waals surface area contributed by atoms with Crippen LogP contribution in [0.5, 0.6) is 5.75 Å². The van der Waals surface area contributed by atoms with Gasteiger partial charge in [-0.2, -0.15) is 10.4 Å². The molecule has 2 amide bonds. The summed E-state index contributed by atoms with van der Waals surface area (Å²) < 4.78 is 6.57. The minimum absolute atomic E-state index is 0.0145. The van der Waals surface area contributed by atoms with Gasteiger partial charge in [-0.3, -0.25) is 9.59 Å². The van der Waals surface area contributed by atoms with E-state index in [0.29, 0.717) is 21.3 Å². The summed E-state index contributed by atoms with van der Waals surface area (Å²) >= 11 is 3.50. The van der Waals surface area contributed by atoms with Crippen LogP contribution >= 0.6 is 15.9 Å². The Labute approximate surface area is 235 Å². The van der Waals surface area contributed by atoms with Crippen LogP contribution in [0.2, 0.25) is 0 Å². The van der Waals surface area contributed by atoms with Gasteiger partial charge >= 0.3 is 0 Å². The summed E-state index contributed by atoms with van der Waals surface area (Å²) in [5.41, 5.74) is 5.99. The molecule has 2 N–H and O–H groups in total. The van der Waals surface area contributed by atoms with E-state index in [4.69, 9.17) is 4.74 Å². The van der Waals surface area contributed by atoms with E-state index in [0.717, 1.165) is 16.7 Å². The number of hydrazone groups is 1. The fraction of sp³-hybridized carbons (Fsp3) is 0.0968. The SMILES string of the molecule is N#Cc1ccccc1COc1ccc(/C=N\NC(=O)C[C@@H](NC(=O)c2ccccc2)c2ccccc2)cc1Br. The Balaban J connectivity index is 1.35. The monoisotopic (exact) mass is 580 g/mol. The van der Waals surface area contributed by atoms with Crippen molar-refractivity contribution in [3.8, 4) is 11.8 Å². The lowest BCUT2D eigenvalue weighted by atomic mass is 10.0. The number of amides is 2. The Bertz CT molecular complexity index is 1500. The average molecular weight is 581 g/mol. The molecule has 0 spiro atoms. The Kier molecular flexibility index (Phi) is 9.59. The molecule has 0 aromatic heterocycles. The van der Waals surface area contributed by atoms with Gasteiger partial charge in [-0.25, -0.2) is 5.43 Å². The summed E-state index contributed by atoms with van der Waals surface area (Å²) in [6.07, 6.45) is 1.54. The molecule has 0 heterocycles. The minimum Gasteiger partial charge on any atom is -0.488 e. The van der Waals surface area contributed by atoms with Crippen molar-refractivity contribution in [1.29, 1.82) is 5.26 Å². The van der Waals surface area contributed by atoms with Crippen molar-refractivity contribution in [2.75, 3.05) is 0 Å². The van der Waals surface area contributed by atoms with Crippen LogP contribution in [0.25, 0.3) is 0 Å². The van der Waals surface area contributed by atoms with Crippen LogP contribution in [0.1, 0.15) is 45.1 Å². The second kappa shape index (κ2) is 13.7. The number of rotatable bonds is 10. The molecule has 8 heteroatoms. The van der Waals surface area contributed by atoms with Gasteiger partial charge in [0.1, 0.15) is 12.4 Å². The molecule has 39 heavy (non-hydrogen) atoms. The molecule has 0 saturated heterocycles. The van der Waals surface area contributed by atoms with Gasteiger partial charge in [-0.1, -0.05) is 66.7 Å². The van der Waals surface area contributed by atoms with Crippen molar-refractivity contribution in [3.05, 3.63) is 135 Å². The number of nitrogens with one attached hydrogen (secondary N) is 2. The van der Waals surface area contributed by atoms with E-state index in [1.165, 1.54) is 6.21 Å². The third-order valence-electron chi connectivity index (χ3n) is 5.81. The summed E-state index contributed by atoms with van der Waals surface area (Å²) in [6.45, 7) is 0.259. The lowest BCUT2D eigenvalue weighted by Gasteiger charge is -2.18. The Morgan fingerprint density at radius 1 is 0.949 bits per heavy atom. The van der Waals surface area contributed by atoms with Crippen molar-refractivity contribution < 1.29 is 14.3 Å². The lowest BCUT2D eigenvalue weighted by Crippen LogP contribution is -2.32. The van der Waals surface area contributed by atoms with E-state index in [1.54, 1.807) is 42.5 Å². The molecule has 0 aliphatic rings. The maximum absolute atomic E-state index is 12.7. The highest BCUT2D eigenvalue weighted by Crippen LogP contribution is 2.27. The van der Waals surface area contributed by atoms with Crippen molar-refractivity contribution >= 4 is 34.0 Å². The van der Waals surface area contributed by atoms with Crippen LogP contribution in [0.15, 0.2) is 113 Å². The smallest absolute Gasteiger partial charge is 0.251 e. The van der Waals surface area contributed by atoms with Crippen LogP contribution < -0.4 is 15.5 Å². The molecular formula is C31H25BrN4O3. The van der Waals surface area contributed by atoms with Gasteiger partial charge in [0.15, 0.2) is 0 Å². The molecule has 4 aromatic carbocycles. The third-order valence-corrected chi connectivity index (χ3v) is 6.43. The molecule has 4 aromatic rings. The predicted molar refractivity (Wildman–Crippen MR) is 153 cm³/mol. The maximum Gasteiger partial charge on any atom is 0.251 e. The Morgan fingerprint density at radius 3 is 2.36 bits per heavy atom. The van der Waals surface area contributed by atoms with Crippen molar-refractivity contribution in [1.82, 2.24) is 10.7 Å². The van der Waals surface area contributed by atoms with Gasteiger partial charge in [0.25, 0.3) is 5.91 Å². The molecule has 0 saturated carbocycles. The van der Waals surface area contributed by atoms with Crippen molar-refractivity contribution in [2.45, 2.75) is 19.1 Å². The topological polar surface area (TPSA) is 104 Å². The van der Waals surface area contributed by atoms with E-state index in [1.807, 2.05) is 60.7 Å². The minimum atomic E-state index is -0.522. The standard InChI is InChI=1S/C31H25BrN4O3/c32-27-17-22(15-16-29(27)39-21-26-14-8-7-13-25(26)19-33)20-34-36-30(37)18-28(23-9-3-1-4-10-23)35-31(38)24-11-5-2-6-12-24/h1-17,20,28H,18,21H2,(H,35,38)(H,36,37)/b34-20-/t28-/m1/s1. The number of carbonyl (C=O) groups excluding carboxylic acids is 2. The second-order valence-corrected chi connectivity index (χ2v) is 9.40. The number of hydrogen-bond acceptors (Lipinski definition) is 5. The maximum atomic E-state index is 12.7. The zero-order valence-electron chi connectivity index (χ0n) is 20.9. The quantitative estimate of drug-likeness (QED) is 0.180. The normalized spacial score (nSPS) is 11.4.